The van der Waals surface area contributed by atoms with Crippen molar-refractivity contribution in [3.05, 3.63) is 29.5 Å². The molecule has 2 aromatic heterocycles. The first-order valence-electron chi connectivity index (χ1n) is 10.8. The van der Waals surface area contributed by atoms with Crippen LogP contribution in [0.25, 0.3) is 0 Å². The summed E-state index contributed by atoms with van der Waals surface area (Å²) in [5.41, 5.74) is -0.872. The summed E-state index contributed by atoms with van der Waals surface area (Å²) in [4.78, 5) is 20.8. The molecule has 4 fully saturated rings. The van der Waals surface area contributed by atoms with Crippen molar-refractivity contribution in [2.24, 2.45) is 5.41 Å². The Hall–Kier alpha value is -2.92. The molecule has 2 saturated heterocycles. The molecule has 2 amide bonds. The summed E-state index contributed by atoms with van der Waals surface area (Å²) in [6, 6.07) is 1.96. The summed E-state index contributed by atoms with van der Waals surface area (Å²) in [7, 11) is 0. The number of H-pyrrole nitrogens is 1. The van der Waals surface area contributed by atoms with Crippen LogP contribution in [-0.2, 0) is 6.18 Å². The summed E-state index contributed by atoms with van der Waals surface area (Å²) in [5, 5.41) is 14.1. The quantitative estimate of drug-likeness (QED) is 0.770. The van der Waals surface area contributed by atoms with Gasteiger partial charge in [0.1, 0.15) is 11.9 Å². The Bertz CT molecular complexity index is 1020. The molecule has 2 aromatic rings. The number of halogens is 3. The van der Waals surface area contributed by atoms with Crippen LogP contribution in [0.1, 0.15) is 54.9 Å². The molecule has 0 unspecified atom stereocenters. The topological polar surface area (TPSA) is 100 Å². The molecule has 0 aromatic carbocycles. The van der Waals surface area contributed by atoms with Crippen LogP contribution in [0.4, 0.5) is 18.0 Å². The highest BCUT2D eigenvalue weighted by atomic mass is 19.4. The minimum absolute atomic E-state index is 0.0219. The second-order valence-corrected chi connectivity index (χ2v) is 9.50. The third-order valence-corrected chi connectivity index (χ3v) is 6.87. The Kier molecular flexibility index (Phi) is 4.19. The van der Waals surface area contributed by atoms with Crippen molar-refractivity contribution in [1.29, 1.82) is 0 Å². The van der Waals surface area contributed by atoms with Crippen molar-refractivity contribution >= 4 is 6.03 Å². The SMILES string of the molecule is O=C(N1CC(Oc2ccc(C(F)(F)F)nn2)C1)N1CC2(CC(c3n[nH]c(C4CC4)n3)C2)C1. The number of nitrogens with zero attached hydrogens (tertiary/aromatic N) is 6. The van der Waals surface area contributed by atoms with E-state index in [2.05, 4.69) is 25.4 Å². The fraction of sp³-hybridized carbons (Fsp3) is 0.650. The van der Waals surface area contributed by atoms with Gasteiger partial charge >= 0.3 is 12.2 Å². The smallest absolute Gasteiger partial charge is 0.435 e. The number of carbonyl (C=O) groups is 1. The number of likely N-dealkylation sites (tertiary alicyclic amines) is 2. The average molecular weight is 449 g/mol. The molecule has 0 radical (unpaired) electrons. The van der Waals surface area contributed by atoms with Crippen LogP contribution in [0.3, 0.4) is 0 Å². The van der Waals surface area contributed by atoms with Gasteiger partial charge in [-0.15, -0.1) is 10.2 Å². The Morgan fingerprint density at radius 1 is 1.09 bits per heavy atom. The van der Waals surface area contributed by atoms with Crippen molar-refractivity contribution in [3.8, 4) is 5.88 Å². The van der Waals surface area contributed by atoms with Crippen molar-refractivity contribution in [2.45, 2.75) is 49.8 Å². The highest BCUT2D eigenvalue weighted by Crippen LogP contribution is 2.55. The molecule has 170 valence electrons. The Morgan fingerprint density at radius 3 is 2.47 bits per heavy atom. The van der Waals surface area contributed by atoms with Crippen molar-refractivity contribution in [3.63, 3.8) is 0 Å². The number of amides is 2. The van der Waals surface area contributed by atoms with Crippen LogP contribution in [0.5, 0.6) is 5.88 Å². The lowest BCUT2D eigenvalue weighted by Gasteiger charge is -2.59. The number of ether oxygens (including phenoxy) is 1. The zero-order valence-corrected chi connectivity index (χ0v) is 17.2. The van der Waals surface area contributed by atoms with E-state index >= 15 is 0 Å². The summed E-state index contributed by atoms with van der Waals surface area (Å²) in [6.07, 6.45) is -0.413. The number of rotatable bonds is 4. The van der Waals surface area contributed by atoms with Gasteiger partial charge in [0.15, 0.2) is 11.5 Å². The minimum atomic E-state index is -4.53. The standard InChI is InChI=1S/C20H22F3N7O2/c21-20(22,23)14-3-4-15(26-25-14)32-13-7-29(8-13)18(31)30-9-19(10-30)5-12(6-19)17-24-16(27-28-17)11-1-2-11/h3-4,11-13H,1-2,5-10H2,(H,24,27,28). The zero-order valence-electron chi connectivity index (χ0n) is 17.2. The van der Waals surface area contributed by atoms with Crippen LogP contribution in [0.15, 0.2) is 12.1 Å². The van der Waals surface area contributed by atoms with E-state index in [4.69, 9.17) is 4.74 Å². The van der Waals surface area contributed by atoms with Gasteiger partial charge in [-0.2, -0.15) is 18.3 Å². The number of hydrogen-bond acceptors (Lipinski definition) is 6. The normalized spacial score (nSPS) is 23.0. The van der Waals surface area contributed by atoms with Gasteiger partial charge < -0.3 is 14.5 Å². The van der Waals surface area contributed by atoms with E-state index in [1.165, 1.54) is 12.8 Å². The third-order valence-electron chi connectivity index (χ3n) is 6.87. The van der Waals surface area contributed by atoms with Crippen LogP contribution >= 0.6 is 0 Å². The molecule has 32 heavy (non-hydrogen) atoms. The minimum Gasteiger partial charge on any atom is -0.469 e. The average Bonchev–Trinajstić information content (AvgIpc) is 3.40. The predicted octanol–water partition coefficient (Wildman–Crippen LogP) is 2.55. The van der Waals surface area contributed by atoms with E-state index < -0.39 is 11.9 Å². The Balaban J connectivity index is 0.939. The van der Waals surface area contributed by atoms with Gasteiger partial charge in [0.2, 0.25) is 5.88 Å². The lowest BCUT2D eigenvalue weighted by atomic mass is 9.57. The Morgan fingerprint density at radius 2 is 1.84 bits per heavy atom. The molecule has 12 heteroatoms. The number of hydrogen-bond donors (Lipinski definition) is 1. The van der Waals surface area contributed by atoms with E-state index in [1.54, 1.807) is 4.90 Å². The molecule has 0 atom stereocenters. The van der Waals surface area contributed by atoms with Crippen LogP contribution in [0, 0.1) is 5.41 Å². The van der Waals surface area contributed by atoms with Crippen LogP contribution in [0.2, 0.25) is 0 Å². The molecular formula is C20H22F3N7O2. The van der Waals surface area contributed by atoms with Gasteiger partial charge in [0.25, 0.3) is 0 Å². The summed E-state index contributed by atoms with van der Waals surface area (Å²) in [5.74, 6) is 2.90. The molecule has 1 spiro atoms. The van der Waals surface area contributed by atoms with E-state index in [-0.39, 0.29) is 23.4 Å². The lowest BCUT2D eigenvalue weighted by molar-refractivity contribution is -0.141. The maximum absolute atomic E-state index is 12.6. The van der Waals surface area contributed by atoms with E-state index in [9.17, 15) is 18.0 Å². The fourth-order valence-corrected chi connectivity index (χ4v) is 4.91. The summed E-state index contributed by atoms with van der Waals surface area (Å²) < 4.78 is 43.1. The molecule has 2 aliphatic carbocycles. The summed E-state index contributed by atoms with van der Waals surface area (Å²) in [6.45, 7) is 2.26. The Labute approximate surface area is 181 Å². The fourth-order valence-electron chi connectivity index (χ4n) is 4.91. The summed E-state index contributed by atoms with van der Waals surface area (Å²) >= 11 is 0. The second kappa shape index (κ2) is 6.79. The number of urea groups is 1. The van der Waals surface area contributed by atoms with Gasteiger partial charge in [0.05, 0.1) is 13.1 Å². The van der Waals surface area contributed by atoms with Gasteiger partial charge in [-0.05, 0) is 31.7 Å². The first kappa shape index (κ1) is 19.7. The highest BCUT2D eigenvalue weighted by molar-refractivity contribution is 5.76. The zero-order chi connectivity index (χ0) is 22.1. The number of carbonyl (C=O) groups excluding carboxylic acids is 1. The maximum atomic E-state index is 12.6. The molecule has 9 nitrogen and oxygen atoms in total. The highest BCUT2D eigenvalue weighted by Gasteiger charge is 2.56. The molecule has 1 N–H and O–H groups in total. The van der Waals surface area contributed by atoms with E-state index in [1.807, 2.05) is 4.90 Å². The molecule has 4 aliphatic rings. The second-order valence-electron chi connectivity index (χ2n) is 9.50. The first-order chi connectivity index (χ1) is 15.3. The van der Waals surface area contributed by atoms with Gasteiger partial charge in [0, 0.05) is 36.4 Å². The van der Waals surface area contributed by atoms with Crippen molar-refractivity contribution < 1.29 is 22.7 Å². The molecule has 2 saturated carbocycles. The van der Waals surface area contributed by atoms with E-state index in [0.29, 0.717) is 24.9 Å². The largest absolute Gasteiger partial charge is 0.469 e. The van der Waals surface area contributed by atoms with Crippen LogP contribution < -0.4 is 4.74 Å². The molecule has 2 aliphatic heterocycles. The number of nitrogens with one attached hydrogen (secondary N) is 1. The number of aromatic amines is 1. The van der Waals surface area contributed by atoms with E-state index in [0.717, 1.165) is 49.7 Å². The van der Waals surface area contributed by atoms with Crippen LogP contribution in [-0.4, -0.2) is 73.5 Å². The van der Waals surface area contributed by atoms with Gasteiger partial charge in [-0.3, -0.25) is 5.10 Å². The molecular weight excluding hydrogens is 427 g/mol. The van der Waals surface area contributed by atoms with Crippen molar-refractivity contribution in [2.75, 3.05) is 26.2 Å². The monoisotopic (exact) mass is 449 g/mol. The molecule has 0 bridgehead atoms. The maximum Gasteiger partial charge on any atom is 0.435 e. The lowest BCUT2D eigenvalue weighted by Crippen LogP contribution is -2.68. The van der Waals surface area contributed by atoms with Gasteiger partial charge in [-0.1, -0.05) is 0 Å². The number of aromatic nitrogens is 5. The van der Waals surface area contributed by atoms with Gasteiger partial charge in [-0.25, -0.2) is 9.78 Å². The molecule has 6 rings (SSSR count). The predicted molar refractivity (Wildman–Crippen MR) is 103 cm³/mol. The van der Waals surface area contributed by atoms with Crippen molar-refractivity contribution in [1.82, 2.24) is 35.2 Å². The third kappa shape index (κ3) is 3.45. The first-order valence-corrected chi connectivity index (χ1v) is 10.8. The molecule has 4 heterocycles. The number of alkyl halides is 3.